The summed E-state index contributed by atoms with van der Waals surface area (Å²) in [5, 5.41) is 0. The van der Waals surface area contributed by atoms with Crippen LogP contribution in [0.1, 0.15) is 26.2 Å². The molecule has 0 aliphatic rings. The molecule has 0 saturated heterocycles. The average molecular weight is 141 g/mol. The Morgan fingerprint density at radius 1 is 1.40 bits per heavy atom. The van der Waals surface area contributed by atoms with Crippen LogP contribution in [-0.4, -0.2) is 13.2 Å². The maximum Gasteiger partial charge on any atom is 0.0644 e. The molecular formula is C9H17O. The van der Waals surface area contributed by atoms with Gasteiger partial charge in [-0.05, 0) is 12.8 Å². The third-order valence-corrected chi connectivity index (χ3v) is 1.27. The molecule has 0 fully saturated rings. The van der Waals surface area contributed by atoms with Crippen LogP contribution in [0.25, 0.3) is 0 Å². The molecule has 0 aromatic heterocycles. The largest absolute Gasteiger partial charge is 0.377 e. The van der Waals surface area contributed by atoms with Crippen LogP contribution in [0.5, 0.6) is 0 Å². The van der Waals surface area contributed by atoms with Gasteiger partial charge in [0.1, 0.15) is 0 Å². The lowest BCUT2D eigenvalue weighted by molar-refractivity contribution is 0.158. The van der Waals surface area contributed by atoms with Crippen LogP contribution in [0.15, 0.2) is 12.7 Å². The molecule has 1 heteroatoms. The highest BCUT2D eigenvalue weighted by Gasteiger charge is 1.86. The van der Waals surface area contributed by atoms with E-state index in [4.69, 9.17) is 4.74 Å². The van der Waals surface area contributed by atoms with E-state index in [1.807, 2.05) is 0 Å². The molecule has 1 nitrogen and oxygen atoms in total. The third kappa shape index (κ3) is 7.70. The van der Waals surface area contributed by atoms with Crippen molar-refractivity contribution in [2.45, 2.75) is 26.2 Å². The molecule has 0 saturated carbocycles. The maximum atomic E-state index is 5.20. The van der Waals surface area contributed by atoms with Crippen LogP contribution >= 0.6 is 0 Å². The van der Waals surface area contributed by atoms with Gasteiger partial charge in [-0.25, -0.2) is 0 Å². The van der Waals surface area contributed by atoms with E-state index in [0.29, 0.717) is 6.61 Å². The van der Waals surface area contributed by atoms with Crippen LogP contribution in [0, 0.1) is 6.42 Å². The molecular weight excluding hydrogens is 124 g/mol. The summed E-state index contributed by atoms with van der Waals surface area (Å²) in [6.45, 7) is 7.22. The Labute approximate surface area is 64.1 Å². The summed E-state index contributed by atoms with van der Waals surface area (Å²) in [7, 11) is 0. The predicted octanol–water partition coefficient (Wildman–Crippen LogP) is 2.58. The van der Waals surface area contributed by atoms with Crippen molar-refractivity contribution < 1.29 is 4.74 Å². The molecule has 0 atom stereocenters. The molecule has 0 aromatic carbocycles. The Kier molecular flexibility index (Phi) is 8.44. The Balaban J connectivity index is 2.70. The van der Waals surface area contributed by atoms with Gasteiger partial charge in [0.15, 0.2) is 0 Å². The van der Waals surface area contributed by atoms with Crippen LogP contribution < -0.4 is 0 Å². The van der Waals surface area contributed by atoms with Gasteiger partial charge in [0, 0.05) is 6.61 Å². The lowest BCUT2D eigenvalue weighted by Gasteiger charge is -1.98. The smallest absolute Gasteiger partial charge is 0.0644 e. The van der Waals surface area contributed by atoms with Crippen molar-refractivity contribution in [1.29, 1.82) is 0 Å². The van der Waals surface area contributed by atoms with Gasteiger partial charge in [0.25, 0.3) is 0 Å². The molecule has 0 spiro atoms. The van der Waals surface area contributed by atoms with E-state index in [0.717, 1.165) is 13.0 Å². The fourth-order valence-electron chi connectivity index (χ4n) is 0.719. The molecule has 0 aromatic rings. The SMILES string of the molecule is C=CCOCCCC[CH]C. The molecule has 1 radical (unpaired) electrons. The van der Waals surface area contributed by atoms with E-state index >= 15 is 0 Å². The predicted molar refractivity (Wildman–Crippen MR) is 44.8 cm³/mol. The van der Waals surface area contributed by atoms with Gasteiger partial charge in [-0.15, -0.1) is 6.58 Å². The lowest BCUT2D eigenvalue weighted by Crippen LogP contribution is -1.93. The normalized spacial score (nSPS) is 9.70. The molecule has 59 valence electrons. The maximum absolute atomic E-state index is 5.20. The van der Waals surface area contributed by atoms with Gasteiger partial charge in [0.2, 0.25) is 0 Å². The lowest BCUT2D eigenvalue weighted by atomic mass is 10.2. The zero-order valence-electron chi connectivity index (χ0n) is 6.81. The Hall–Kier alpha value is -0.300. The second kappa shape index (κ2) is 8.70. The van der Waals surface area contributed by atoms with Crippen molar-refractivity contribution in [1.82, 2.24) is 0 Å². The number of hydrogen-bond acceptors (Lipinski definition) is 1. The van der Waals surface area contributed by atoms with Crippen molar-refractivity contribution in [2.75, 3.05) is 13.2 Å². The van der Waals surface area contributed by atoms with E-state index in [1.54, 1.807) is 6.08 Å². The highest BCUT2D eigenvalue weighted by Crippen LogP contribution is 1.97. The zero-order chi connectivity index (χ0) is 7.66. The molecule has 0 N–H and O–H groups in total. The summed E-state index contributed by atoms with van der Waals surface area (Å²) in [5.41, 5.74) is 0. The van der Waals surface area contributed by atoms with Crippen LogP contribution in [-0.2, 0) is 4.74 Å². The minimum Gasteiger partial charge on any atom is -0.377 e. The van der Waals surface area contributed by atoms with E-state index in [-0.39, 0.29) is 0 Å². The van der Waals surface area contributed by atoms with Gasteiger partial charge in [-0.2, -0.15) is 0 Å². The first-order chi connectivity index (χ1) is 4.91. The van der Waals surface area contributed by atoms with Gasteiger partial charge >= 0.3 is 0 Å². The zero-order valence-corrected chi connectivity index (χ0v) is 6.81. The fourth-order valence-corrected chi connectivity index (χ4v) is 0.719. The summed E-state index contributed by atoms with van der Waals surface area (Å²) in [6.07, 6.45) is 7.59. The molecule has 0 aliphatic carbocycles. The molecule has 0 amide bonds. The quantitative estimate of drug-likeness (QED) is 0.391. The summed E-state index contributed by atoms with van der Waals surface area (Å²) in [6, 6.07) is 0. The first-order valence-corrected chi connectivity index (χ1v) is 3.88. The summed E-state index contributed by atoms with van der Waals surface area (Å²) in [5.74, 6) is 0. The fraction of sp³-hybridized carbons (Fsp3) is 0.667. The minimum atomic E-state index is 0.690. The second-order valence-corrected chi connectivity index (χ2v) is 2.27. The summed E-state index contributed by atoms with van der Waals surface area (Å²) < 4.78 is 5.20. The van der Waals surface area contributed by atoms with E-state index < -0.39 is 0 Å². The van der Waals surface area contributed by atoms with Gasteiger partial charge in [0.05, 0.1) is 6.61 Å². The van der Waals surface area contributed by atoms with Crippen LogP contribution in [0.3, 0.4) is 0 Å². The van der Waals surface area contributed by atoms with E-state index in [1.165, 1.54) is 12.8 Å². The Morgan fingerprint density at radius 3 is 2.80 bits per heavy atom. The standard InChI is InChI=1S/C9H17O/c1-3-5-6-7-9-10-8-4-2/h3-4H,2,5-9H2,1H3. The monoisotopic (exact) mass is 141 g/mol. The van der Waals surface area contributed by atoms with Gasteiger partial charge < -0.3 is 4.74 Å². The topological polar surface area (TPSA) is 9.23 Å². The van der Waals surface area contributed by atoms with Crippen molar-refractivity contribution in [3.63, 3.8) is 0 Å². The first-order valence-electron chi connectivity index (χ1n) is 3.88. The Morgan fingerprint density at radius 2 is 2.20 bits per heavy atom. The first kappa shape index (κ1) is 9.70. The highest BCUT2D eigenvalue weighted by molar-refractivity contribution is 4.63. The van der Waals surface area contributed by atoms with Crippen molar-refractivity contribution >= 4 is 0 Å². The second-order valence-electron chi connectivity index (χ2n) is 2.27. The summed E-state index contributed by atoms with van der Waals surface area (Å²) in [4.78, 5) is 0. The molecule has 0 aliphatic heterocycles. The highest BCUT2D eigenvalue weighted by atomic mass is 16.5. The number of unbranched alkanes of at least 4 members (excludes halogenated alkanes) is 3. The molecule has 10 heavy (non-hydrogen) atoms. The molecule has 0 heterocycles. The van der Waals surface area contributed by atoms with Crippen molar-refractivity contribution in [3.8, 4) is 0 Å². The Bertz CT molecular complexity index is 69.1. The minimum absolute atomic E-state index is 0.690. The molecule has 0 unspecified atom stereocenters. The average Bonchev–Trinajstić information content (AvgIpc) is 1.97. The van der Waals surface area contributed by atoms with Crippen molar-refractivity contribution in [3.05, 3.63) is 19.1 Å². The van der Waals surface area contributed by atoms with Crippen LogP contribution in [0.4, 0.5) is 0 Å². The van der Waals surface area contributed by atoms with Gasteiger partial charge in [-0.1, -0.05) is 25.8 Å². The number of rotatable bonds is 7. The molecule has 0 bridgehead atoms. The number of hydrogen-bond donors (Lipinski definition) is 0. The van der Waals surface area contributed by atoms with Crippen molar-refractivity contribution in [2.24, 2.45) is 0 Å². The molecule has 0 rings (SSSR count). The van der Waals surface area contributed by atoms with E-state index in [2.05, 4.69) is 19.9 Å². The summed E-state index contributed by atoms with van der Waals surface area (Å²) >= 11 is 0. The third-order valence-electron chi connectivity index (χ3n) is 1.27. The van der Waals surface area contributed by atoms with E-state index in [9.17, 15) is 0 Å². The van der Waals surface area contributed by atoms with Gasteiger partial charge in [-0.3, -0.25) is 0 Å². The number of ether oxygens (including phenoxy) is 1. The van der Waals surface area contributed by atoms with Crippen LogP contribution in [0.2, 0.25) is 0 Å².